The highest BCUT2D eigenvalue weighted by Crippen LogP contribution is 2.18. The highest BCUT2D eigenvalue weighted by atomic mass is 35.5. The molecule has 98 valence electrons. The van der Waals surface area contributed by atoms with Crippen molar-refractivity contribution >= 4 is 17.5 Å². The first-order valence-electron chi connectivity index (χ1n) is 6.11. The molecule has 1 aromatic rings. The molecular weight excluding hydrogens is 252 g/mol. The second kappa shape index (κ2) is 6.11. The van der Waals surface area contributed by atoms with Gasteiger partial charge in [-0.2, -0.15) is 5.10 Å². The van der Waals surface area contributed by atoms with Gasteiger partial charge in [0.15, 0.2) is 5.15 Å². The number of carbonyl (C=O) groups excluding carboxylic acids is 1. The molecule has 1 fully saturated rings. The normalized spacial score (nSPS) is 17.7. The van der Waals surface area contributed by atoms with Gasteiger partial charge in [-0.15, -0.1) is 5.10 Å². The van der Waals surface area contributed by atoms with Gasteiger partial charge in [0.1, 0.15) is 0 Å². The Bertz CT molecular complexity index is 401. The fourth-order valence-electron chi connectivity index (χ4n) is 2.21. The van der Waals surface area contributed by atoms with Gasteiger partial charge in [-0.1, -0.05) is 11.6 Å². The van der Waals surface area contributed by atoms with E-state index in [1.54, 1.807) is 13.1 Å². The van der Waals surface area contributed by atoms with E-state index in [1.165, 1.54) is 0 Å². The van der Waals surface area contributed by atoms with Crippen LogP contribution in [0.5, 0.6) is 0 Å². The van der Waals surface area contributed by atoms with E-state index in [4.69, 9.17) is 11.6 Å². The van der Waals surface area contributed by atoms with E-state index in [2.05, 4.69) is 20.4 Å². The summed E-state index contributed by atoms with van der Waals surface area (Å²) in [7, 11) is 1.69. The van der Waals surface area contributed by atoms with Crippen molar-refractivity contribution in [2.24, 2.45) is 5.92 Å². The van der Waals surface area contributed by atoms with E-state index >= 15 is 0 Å². The number of likely N-dealkylation sites (tertiary alicyclic amines) is 1. The van der Waals surface area contributed by atoms with Crippen LogP contribution in [0.2, 0.25) is 5.15 Å². The zero-order chi connectivity index (χ0) is 13.0. The lowest BCUT2D eigenvalue weighted by molar-refractivity contribution is -0.125. The van der Waals surface area contributed by atoms with Gasteiger partial charge in [0.2, 0.25) is 5.91 Å². The molecule has 1 amide bonds. The first-order chi connectivity index (χ1) is 8.69. The standard InChI is InChI=1S/C12H17ClN4O/c1-14-12(18)9-4-6-17(7-5-9)8-10-2-3-11(13)16-15-10/h2-3,9H,4-8H2,1H3,(H,14,18). The quantitative estimate of drug-likeness (QED) is 0.892. The molecule has 6 heteroatoms. The minimum atomic E-state index is 0.154. The molecule has 1 aliphatic rings. The molecular formula is C12H17ClN4O. The summed E-state index contributed by atoms with van der Waals surface area (Å²) in [4.78, 5) is 13.8. The molecule has 5 nitrogen and oxygen atoms in total. The minimum absolute atomic E-state index is 0.154. The van der Waals surface area contributed by atoms with E-state index in [1.807, 2.05) is 6.07 Å². The van der Waals surface area contributed by atoms with E-state index in [0.29, 0.717) is 5.15 Å². The van der Waals surface area contributed by atoms with Crippen molar-refractivity contribution < 1.29 is 4.79 Å². The van der Waals surface area contributed by atoms with Crippen LogP contribution >= 0.6 is 11.6 Å². The van der Waals surface area contributed by atoms with Gasteiger partial charge in [0, 0.05) is 19.5 Å². The molecule has 1 aliphatic heterocycles. The number of hydrogen-bond donors (Lipinski definition) is 1. The highest BCUT2D eigenvalue weighted by Gasteiger charge is 2.24. The first kappa shape index (κ1) is 13.2. The van der Waals surface area contributed by atoms with Gasteiger partial charge < -0.3 is 5.32 Å². The molecule has 2 rings (SSSR count). The molecule has 0 radical (unpaired) electrons. The second-order valence-corrected chi connectivity index (χ2v) is 4.90. The molecule has 18 heavy (non-hydrogen) atoms. The topological polar surface area (TPSA) is 58.1 Å². The van der Waals surface area contributed by atoms with E-state index in [-0.39, 0.29) is 11.8 Å². The van der Waals surface area contributed by atoms with Crippen molar-refractivity contribution in [1.82, 2.24) is 20.4 Å². The van der Waals surface area contributed by atoms with Crippen molar-refractivity contribution in [2.75, 3.05) is 20.1 Å². The van der Waals surface area contributed by atoms with Crippen LogP contribution in [-0.4, -0.2) is 41.1 Å². The van der Waals surface area contributed by atoms with Crippen molar-refractivity contribution in [3.05, 3.63) is 23.0 Å². The third-order valence-electron chi connectivity index (χ3n) is 3.28. The molecule has 0 aromatic carbocycles. The Balaban J connectivity index is 1.83. The van der Waals surface area contributed by atoms with Crippen LogP contribution in [0.25, 0.3) is 0 Å². The molecule has 0 aliphatic carbocycles. The van der Waals surface area contributed by atoms with Gasteiger partial charge in [-0.3, -0.25) is 9.69 Å². The molecule has 0 atom stereocenters. The van der Waals surface area contributed by atoms with E-state index < -0.39 is 0 Å². The molecule has 1 aromatic heterocycles. The lowest BCUT2D eigenvalue weighted by Gasteiger charge is -2.30. The van der Waals surface area contributed by atoms with E-state index in [0.717, 1.165) is 38.2 Å². The van der Waals surface area contributed by atoms with Crippen molar-refractivity contribution in [1.29, 1.82) is 0 Å². The Kier molecular flexibility index (Phi) is 4.49. The van der Waals surface area contributed by atoms with Crippen LogP contribution < -0.4 is 5.32 Å². The zero-order valence-electron chi connectivity index (χ0n) is 10.4. The van der Waals surface area contributed by atoms with Crippen molar-refractivity contribution in [3.8, 4) is 0 Å². The molecule has 1 N–H and O–H groups in total. The number of nitrogens with one attached hydrogen (secondary N) is 1. The maximum atomic E-state index is 11.5. The van der Waals surface area contributed by atoms with Crippen molar-refractivity contribution in [2.45, 2.75) is 19.4 Å². The summed E-state index contributed by atoms with van der Waals surface area (Å²) in [6, 6.07) is 3.64. The molecule has 0 saturated carbocycles. The number of halogens is 1. The van der Waals surface area contributed by atoms with Crippen LogP contribution in [0, 0.1) is 5.92 Å². The Labute approximate surface area is 112 Å². The molecule has 0 unspecified atom stereocenters. The van der Waals surface area contributed by atoms with Gasteiger partial charge >= 0.3 is 0 Å². The van der Waals surface area contributed by atoms with Gasteiger partial charge in [-0.25, -0.2) is 0 Å². The number of hydrogen-bond acceptors (Lipinski definition) is 4. The third kappa shape index (κ3) is 3.40. The lowest BCUT2D eigenvalue weighted by Crippen LogP contribution is -2.39. The smallest absolute Gasteiger partial charge is 0.222 e. The van der Waals surface area contributed by atoms with Crippen molar-refractivity contribution in [3.63, 3.8) is 0 Å². The van der Waals surface area contributed by atoms with Gasteiger partial charge in [0.25, 0.3) is 0 Å². The largest absolute Gasteiger partial charge is 0.359 e. The molecule has 0 bridgehead atoms. The number of aromatic nitrogens is 2. The molecule has 0 spiro atoms. The van der Waals surface area contributed by atoms with Crippen LogP contribution in [0.15, 0.2) is 12.1 Å². The van der Waals surface area contributed by atoms with Gasteiger partial charge in [0.05, 0.1) is 5.69 Å². The maximum absolute atomic E-state index is 11.5. The molecule has 1 saturated heterocycles. The second-order valence-electron chi connectivity index (χ2n) is 4.51. The fourth-order valence-corrected chi connectivity index (χ4v) is 2.32. The van der Waals surface area contributed by atoms with Crippen LogP contribution in [0.3, 0.4) is 0 Å². The van der Waals surface area contributed by atoms with Crippen LogP contribution in [-0.2, 0) is 11.3 Å². The summed E-state index contributed by atoms with van der Waals surface area (Å²) in [6.45, 7) is 2.61. The summed E-state index contributed by atoms with van der Waals surface area (Å²) in [5, 5.41) is 11.0. The molecule has 2 heterocycles. The zero-order valence-corrected chi connectivity index (χ0v) is 11.2. The summed E-state index contributed by atoms with van der Waals surface area (Å²) in [6.07, 6.45) is 1.81. The number of nitrogens with zero attached hydrogens (tertiary/aromatic N) is 3. The average Bonchev–Trinajstić information content (AvgIpc) is 2.41. The lowest BCUT2D eigenvalue weighted by atomic mass is 9.96. The van der Waals surface area contributed by atoms with E-state index in [9.17, 15) is 4.79 Å². The monoisotopic (exact) mass is 268 g/mol. The van der Waals surface area contributed by atoms with Gasteiger partial charge in [-0.05, 0) is 38.1 Å². The number of piperidine rings is 1. The third-order valence-corrected chi connectivity index (χ3v) is 3.48. The first-order valence-corrected chi connectivity index (χ1v) is 6.49. The Hall–Kier alpha value is -1.20. The SMILES string of the molecule is CNC(=O)C1CCN(Cc2ccc(Cl)nn2)CC1. The number of amides is 1. The Morgan fingerprint density at radius 3 is 2.72 bits per heavy atom. The predicted octanol–water partition coefficient (Wildman–Crippen LogP) is 1.09. The van der Waals surface area contributed by atoms with Crippen LogP contribution in [0.4, 0.5) is 0 Å². The minimum Gasteiger partial charge on any atom is -0.359 e. The van der Waals surface area contributed by atoms with Crippen LogP contribution in [0.1, 0.15) is 18.5 Å². The fraction of sp³-hybridized carbons (Fsp3) is 0.583. The average molecular weight is 269 g/mol. The number of carbonyl (C=O) groups is 1. The highest BCUT2D eigenvalue weighted by molar-refractivity contribution is 6.29. The summed E-state index contributed by atoms with van der Waals surface area (Å²) >= 11 is 5.69. The Morgan fingerprint density at radius 1 is 1.44 bits per heavy atom. The summed E-state index contributed by atoms with van der Waals surface area (Å²) in [5.41, 5.74) is 0.915. The summed E-state index contributed by atoms with van der Waals surface area (Å²) < 4.78 is 0. The number of rotatable bonds is 3. The predicted molar refractivity (Wildman–Crippen MR) is 69.1 cm³/mol. The Morgan fingerprint density at radius 2 is 2.17 bits per heavy atom. The summed E-state index contributed by atoms with van der Waals surface area (Å²) in [5.74, 6) is 0.309. The maximum Gasteiger partial charge on any atom is 0.222 e.